The first-order valence-electron chi connectivity index (χ1n) is 6.64. The molecule has 0 saturated carbocycles. The van der Waals surface area contributed by atoms with Crippen molar-refractivity contribution in [1.29, 1.82) is 0 Å². The highest BCUT2D eigenvalue weighted by Gasteiger charge is 2.27. The minimum absolute atomic E-state index is 0.0248. The van der Waals surface area contributed by atoms with Gasteiger partial charge in [0.15, 0.2) is 0 Å². The molecule has 1 saturated heterocycles. The van der Waals surface area contributed by atoms with Gasteiger partial charge in [-0.2, -0.15) is 0 Å². The molecule has 2 heterocycles. The number of hydrogen-bond donors (Lipinski definition) is 1. The molecule has 5 nitrogen and oxygen atoms in total. The molecule has 1 aromatic carbocycles. The highest BCUT2D eigenvalue weighted by Crippen LogP contribution is 2.29. The highest BCUT2D eigenvalue weighted by atomic mass is 16.4. The van der Waals surface area contributed by atoms with Crippen LogP contribution in [-0.2, 0) is 7.05 Å². The van der Waals surface area contributed by atoms with Crippen molar-refractivity contribution in [2.75, 3.05) is 13.1 Å². The lowest BCUT2D eigenvalue weighted by molar-refractivity contribution is 0.155. The summed E-state index contributed by atoms with van der Waals surface area (Å²) < 4.78 is 1.62. The molecule has 0 radical (unpaired) electrons. The molecule has 2 aromatic rings. The normalized spacial score (nSPS) is 18.6. The number of nitrogens with zero attached hydrogens (tertiary/aromatic N) is 2. The van der Waals surface area contributed by atoms with Crippen molar-refractivity contribution in [2.24, 2.45) is 7.05 Å². The summed E-state index contributed by atoms with van der Waals surface area (Å²) in [5, 5.41) is 10.0. The van der Waals surface area contributed by atoms with Crippen LogP contribution in [0.5, 0.6) is 0 Å². The third-order valence-corrected chi connectivity index (χ3v) is 4.08. The van der Waals surface area contributed by atoms with E-state index in [-0.39, 0.29) is 11.5 Å². The lowest BCUT2D eigenvalue weighted by atomic mass is 9.97. The van der Waals surface area contributed by atoms with Crippen molar-refractivity contribution in [2.45, 2.75) is 12.3 Å². The summed E-state index contributed by atoms with van der Waals surface area (Å²) in [5.74, 6) is 0.243. The van der Waals surface area contributed by atoms with Gasteiger partial charge in [0.25, 0.3) is 5.56 Å². The second-order valence-electron chi connectivity index (χ2n) is 5.26. The SMILES string of the molecule is Cn1c(=O)ccc2cc(C3CCN(C(=O)O)C3)ccc21. The van der Waals surface area contributed by atoms with Crippen LogP contribution in [0.4, 0.5) is 4.79 Å². The topological polar surface area (TPSA) is 62.5 Å². The molecular weight excluding hydrogens is 256 g/mol. The van der Waals surface area contributed by atoms with E-state index in [1.165, 1.54) is 4.90 Å². The Morgan fingerprint density at radius 2 is 2.10 bits per heavy atom. The fourth-order valence-electron chi connectivity index (χ4n) is 2.86. The summed E-state index contributed by atoms with van der Waals surface area (Å²) in [6.45, 7) is 1.14. The van der Waals surface area contributed by atoms with E-state index < -0.39 is 6.09 Å². The van der Waals surface area contributed by atoms with Gasteiger partial charge in [0.05, 0.1) is 5.52 Å². The van der Waals surface area contributed by atoms with Gasteiger partial charge in [-0.25, -0.2) is 4.79 Å². The van der Waals surface area contributed by atoms with Gasteiger partial charge in [0, 0.05) is 32.1 Å². The van der Waals surface area contributed by atoms with Crippen LogP contribution >= 0.6 is 0 Å². The number of carboxylic acid groups (broad SMARTS) is 1. The van der Waals surface area contributed by atoms with Crippen molar-refractivity contribution in [3.8, 4) is 0 Å². The quantitative estimate of drug-likeness (QED) is 0.863. The second-order valence-corrected chi connectivity index (χ2v) is 5.26. The van der Waals surface area contributed by atoms with Crippen molar-refractivity contribution in [3.05, 3.63) is 46.2 Å². The molecule has 3 rings (SSSR count). The van der Waals surface area contributed by atoms with E-state index in [0.717, 1.165) is 22.9 Å². The van der Waals surface area contributed by atoms with E-state index in [1.54, 1.807) is 17.7 Å². The van der Waals surface area contributed by atoms with Gasteiger partial charge in [-0.3, -0.25) is 4.79 Å². The number of hydrogen-bond acceptors (Lipinski definition) is 2. The Labute approximate surface area is 116 Å². The smallest absolute Gasteiger partial charge is 0.407 e. The van der Waals surface area contributed by atoms with E-state index in [1.807, 2.05) is 18.2 Å². The van der Waals surface area contributed by atoms with Gasteiger partial charge < -0.3 is 14.6 Å². The minimum Gasteiger partial charge on any atom is -0.465 e. The molecule has 1 unspecified atom stereocenters. The Morgan fingerprint density at radius 3 is 2.80 bits per heavy atom. The fraction of sp³-hybridized carbons (Fsp3) is 0.333. The van der Waals surface area contributed by atoms with Crippen LogP contribution in [0.3, 0.4) is 0 Å². The Hall–Kier alpha value is -2.30. The molecule has 1 atom stereocenters. The molecule has 20 heavy (non-hydrogen) atoms. The first kappa shape index (κ1) is 12.7. The molecule has 1 fully saturated rings. The Bertz CT molecular complexity index is 735. The van der Waals surface area contributed by atoms with Gasteiger partial charge in [-0.05, 0) is 35.6 Å². The zero-order chi connectivity index (χ0) is 14.3. The van der Waals surface area contributed by atoms with Gasteiger partial charge >= 0.3 is 6.09 Å². The number of pyridine rings is 1. The monoisotopic (exact) mass is 272 g/mol. The highest BCUT2D eigenvalue weighted by molar-refractivity contribution is 5.79. The average Bonchev–Trinajstić information content (AvgIpc) is 2.92. The lowest BCUT2D eigenvalue weighted by Gasteiger charge is -2.13. The van der Waals surface area contributed by atoms with E-state index in [9.17, 15) is 9.59 Å². The third-order valence-electron chi connectivity index (χ3n) is 4.08. The van der Waals surface area contributed by atoms with Crippen molar-refractivity contribution >= 4 is 17.0 Å². The van der Waals surface area contributed by atoms with Crippen LogP contribution in [0.1, 0.15) is 17.9 Å². The molecule has 1 N–H and O–H groups in total. The van der Waals surface area contributed by atoms with E-state index in [2.05, 4.69) is 6.07 Å². The second kappa shape index (κ2) is 4.67. The molecule has 0 spiro atoms. The Morgan fingerprint density at radius 1 is 1.30 bits per heavy atom. The molecule has 1 amide bonds. The predicted molar refractivity (Wildman–Crippen MR) is 76.1 cm³/mol. The zero-order valence-electron chi connectivity index (χ0n) is 11.2. The first-order valence-corrected chi connectivity index (χ1v) is 6.64. The lowest BCUT2D eigenvalue weighted by Crippen LogP contribution is -2.26. The number of fused-ring (bicyclic) bond motifs is 1. The number of amides is 1. The molecule has 1 aliphatic heterocycles. The summed E-state index contributed by atoms with van der Waals surface area (Å²) in [7, 11) is 1.76. The van der Waals surface area contributed by atoms with E-state index >= 15 is 0 Å². The Balaban J connectivity index is 1.96. The first-order chi connectivity index (χ1) is 9.56. The summed E-state index contributed by atoms with van der Waals surface area (Å²) >= 11 is 0. The summed E-state index contributed by atoms with van der Waals surface area (Å²) in [4.78, 5) is 24.0. The minimum atomic E-state index is -0.851. The van der Waals surface area contributed by atoms with Crippen LogP contribution < -0.4 is 5.56 Å². The summed E-state index contributed by atoms with van der Waals surface area (Å²) in [5.41, 5.74) is 2.01. The average molecular weight is 272 g/mol. The molecule has 1 aliphatic rings. The summed E-state index contributed by atoms with van der Waals surface area (Å²) in [6, 6.07) is 9.38. The number of benzene rings is 1. The standard InChI is InChI=1S/C15H16N2O3/c1-16-13-4-2-10(8-11(13)3-5-14(16)18)12-6-7-17(9-12)15(19)20/h2-5,8,12H,6-7,9H2,1H3,(H,19,20). The maximum absolute atomic E-state index is 11.6. The number of aryl methyl sites for hydroxylation is 1. The van der Waals surface area contributed by atoms with Gasteiger partial charge in [0.1, 0.15) is 0 Å². The number of aromatic nitrogens is 1. The van der Waals surface area contributed by atoms with Gasteiger partial charge in [-0.15, -0.1) is 0 Å². The van der Waals surface area contributed by atoms with Gasteiger partial charge in [0.2, 0.25) is 0 Å². The molecule has 5 heteroatoms. The van der Waals surface area contributed by atoms with Crippen LogP contribution in [-0.4, -0.2) is 33.8 Å². The van der Waals surface area contributed by atoms with Crippen LogP contribution in [0.2, 0.25) is 0 Å². The van der Waals surface area contributed by atoms with E-state index in [4.69, 9.17) is 5.11 Å². The van der Waals surface area contributed by atoms with Crippen molar-refractivity contribution in [3.63, 3.8) is 0 Å². The van der Waals surface area contributed by atoms with Crippen LogP contribution in [0.15, 0.2) is 35.1 Å². The van der Waals surface area contributed by atoms with E-state index in [0.29, 0.717) is 13.1 Å². The predicted octanol–water partition coefficient (Wildman–Crippen LogP) is 2.01. The molecule has 0 aliphatic carbocycles. The molecule has 0 bridgehead atoms. The largest absolute Gasteiger partial charge is 0.465 e. The third kappa shape index (κ3) is 2.05. The van der Waals surface area contributed by atoms with Crippen molar-refractivity contribution in [1.82, 2.24) is 9.47 Å². The van der Waals surface area contributed by atoms with Crippen LogP contribution in [0, 0.1) is 0 Å². The molecular formula is C15H16N2O3. The number of rotatable bonds is 1. The zero-order valence-corrected chi connectivity index (χ0v) is 11.2. The van der Waals surface area contributed by atoms with Crippen LogP contribution in [0.25, 0.3) is 10.9 Å². The fourth-order valence-corrected chi connectivity index (χ4v) is 2.86. The number of carbonyl (C=O) groups is 1. The maximum atomic E-state index is 11.6. The van der Waals surface area contributed by atoms with Gasteiger partial charge in [-0.1, -0.05) is 6.07 Å². The summed E-state index contributed by atoms with van der Waals surface area (Å²) in [6.07, 6.45) is -0.000452. The number of likely N-dealkylation sites (tertiary alicyclic amines) is 1. The molecule has 1 aromatic heterocycles. The maximum Gasteiger partial charge on any atom is 0.407 e. The Kier molecular flexibility index (Phi) is 2.97. The van der Waals surface area contributed by atoms with Crippen molar-refractivity contribution < 1.29 is 9.90 Å². The molecule has 104 valence electrons.